The van der Waals surface area contributed by atoms with Crippen molar-refractivity contribution in [1.29, 1.82) is 0 Å². The SMILES string of the molecule is Cc1ncsc1-c1ccc([C@H](C)NC(=O)[C@@H]2C[C@@H](O)CN2C(=O)[C@@H](NC(=O)CCCCCc2c(F)ccc(OC[C@H](CCC(N)=O)NC(=O)[C@@H]3Cc4cccc5c4N3C(=O)[C@@H](NC(=O)c3cc4cc(C(=O)P(=O)(O)O)ccc4[nH]3)CC5)c2F)C(C)(C)C)cc1. The van der Waals surface area contributed by atoms with Crippen molar-refractivity contribution in [2.24, 2.45) is 11.1 Å². The number of aryl methyl sites for hydroxylation is 2. The Morgan fingerprint density at radius 1 is 0.910 bits per heavy atom. The molecule has 22 nitrogen and oxygen atoms in total. The van der Waals surface area contributed by atoms with Crippen molar-refractivity contribution in [3.05, 3.63) is 135 Å². The first kappa shape index (κ1) is 65.2. The summed E-state index contributed by atoms with van der Waals surface area (Å²) in [6, 6.07) is 14.8. The minimum Gasteiger partial charge on any atom is -0.488 e. The number of ether oxygens (including phenoxy) is 1. The normalized spacial score (nSPS) is 18.4. The highest BCUT2D eigenvalue weighted by molar-refractivity contribution is 7.70. The lowest BCUT2D eigenvalue weighted by Gasteiger charge is -2.35. The number of unbranched alkanes of at least 4 members (excludes halogenated alkanes) is 2. The number of likely N-dealkylation sites (tertiary alicyclic amines) is 1. The Hall–Kier alpha value is -8.22. The lowest BCUT2D eigenvalue weighted by molar-refractivity contribution is -0.144. The second kappa shape index (κ2) is 27.3. The number of hydrogen-bond acceptors (Lipinski definition) is 13. The number of fused-ring (bicyclic) bond motifs is 1. The topological polar surface area (TPSA) is 333 Å². The number of hydrogen-bond donors (Lipinski definition) is 9. The summed E-state index contributed by atoms with van der Waals surface area (Å²) in [4.78, 5) is 138. The highest BCUT2D eigenvalue weighted by Gasteiger charge is 2.46. The van der Waals surface area contributed by atoms with Crippen LogP contribution in [0.15, 0.2) is 84.4 Å². The zero-order valence-corrected chi connectivity index (χ0v) is 51.5. The number of H-pyrrole nitrogens is 1. The molecule has 10 N–H and O–H groups in total. The number of aromatic amines is 1. The zero-order valence-electron chi connectivity index (χ0n) is 49.8. The van der Waals surface area contributed by atoms with Crippen LogP contribution in [-0.2, 0) is 52.6 Å². The van der Waals surface area contributed by atoms with Crippen LogP contribution in [0.4, 0.5) is 14.5 Å². The molecule has 1 saturated heterocycles. The molecular formula is C63H72F2N9O13PS. The molecule has 3 aliphatic rings. The van der Waals surface area contributed by atoms with Gasteiger partial charge in [-0.3, -0.25) is 47.8 Å². The maximum atomic E-state index is 16.2. The van der Waals surface area contributed by atoms with Crippen LogP contribution in [0.3, 0.4) is 0 Å². The first-order valence-electron chi connectivity index (χ1n) is 29.4. The number of nitrogens with one attached hydrogen (secondary N) is 5. The molecule has 7 atom stereocenters. The van der Waals surface area contributed by atoms with Gasteiger partial charge in [0.2, 0.25) is 35.4 Å². The molecule has 5 heterocycles. The van der Waals surface area contributed by atoms with Crippen LogP contribution in [0.5, 0.6) is 5.75 Å². The molecule has 26 heteroatoms. The van der Waals surface area contributed by atoms with Gasteiger partial charge in [0, 0.05) is 54.3 Å². The molecular weight excluding hydrogens is 1190 g/mol. The number of rotatable bonds is 24. The fourth-order valence-electron chi connectivity index (χ4n) is 11.7. The van der Waals surface area contributed by atoms with Gasteiger partial charge in [-0.25, -0.2) is 13.8 Å². The number of thiazole rings is 1. The van der Waals surface area contributed by atoms with Gasteiger partial charge in [0.1, 0.15) is 42.3 Å². The van der Waals surface area contributed by atoms with E-state index in [4.69, 9.17) is 10.5 Å². The third kappa shape index (κ3) is 15.1. The van der Waals surface area contributed by atoms with E-state index in [2.05, 4.69) is 31.2 Å². The van der Waals surface area contributed by atoms with Crippen LogP contribution in [0, 0.1) is 24.0 Å². The number of benzene rings is 4. The second-order valence-electron chi connectivity index (χ2n) is 24.1. The summed E-state index contributed by atoms with van der Waals surface area (Å²) in [6.45, 7) is 8.61. The van der Waals surface area contributed by atoms with Crippen molar-refractivity contribution in [2.75, 3.05) is 18.1 Å². The number of carbonyl (C=O) groups is 8. The van der Waals surface area contributed by atoms with Crippen molar-refractivity contribution in [3.8, 4) is 16.2 Å². The fourth-order valence-corrected chi connectivity index (χ4v) is 13.0. The van der Waals surface area contributed by atoms with Crippen LogP contribution in [0.1, 0.15) is 134 Å². The molecule has 0 radical (unpaired) electrons. The molecule has 0 unspecified atom stereocenters. The smallest absolute Gasteiger partial charge is 0.396 e. The van der Waals surface area contributed by atoms with Gasteiger partial charge in [0.25, 0.3) is 11.4 Å². The van der Waals surface area contributed by atoms with Gasteiger partial charge in [-0.15, -0.1) is 11.3 Å². The van der Waals surface area contributed by atoms with Crippen LogP contribution < -0.4 is 36.6 Å². The highest BCUT2D eigenvalue weighted by atomic mass is 32.1. The molecule has 0 aliphatic carbocycles. The average Bonchev–Trinajstić information content (AvgIpc) is 1.70. The Labute approximate surface area is 515 Å². The zero-order chi connectivity index (χ0) is 64.2. The monoisotopic (exact) mass is 1260 g/mol. The molecule has 2 aromatic heterocycles. The number of nitrogens with zero attached hydrogens (tertiary/aromatic N) is 3. The lowest BCUT2D eigenvalue weighted by Crippen LogP contribution is -2.57. The van der Waals surface area contributed by atoms with Crippen LogP contribution in [0.25, 0.3) is 21.3 Å². The molecule has 0 bridgehead atoms. The number of anilines is 1. The molecule has 7 amide bonds. The van der Waals surface area contributed by atoms with Gasteiger partial charge in [-0.2, -0.15) is 0 Å². The van der Waals surface area contributed by atoms with Gasteiger partial charge in [0.05, 0.1) is 40.0 Å². The second-order valence-corrected chi connectivity index (χ2v) is 26.4. The number of β-amino-alcohol motifs (C(OH)–C–C–N with tert-alkyl or cyclic N) is 1. The Morgan fingerprint density at radius 3 is 2.34 bits per heavy atom. The van der Waals surface area contributed by atoms with E-state index in [-0.39, 0.29) is 80.5 Å². The van der Waals surface area contributed by atoms with Crippen molar-refractivity contribution >= 4 is 82.4 Å². The summed E-state index contributed by atoms with van der Waals surface area (Å²) in [5.74, 6) is -6.23. The van der Waals surface area contributed by atoms with E-state index in [1.54, 1.807) is 38.4 Å². The summed E-state index contributed by atoms with van der Waals surface area (Å²) in [5, 5.41) is 22.5. The van der Waals surface area contributed by atoms with Gasteiger partial charge >= 0.3 is 7.60 Å². The average molecular weight is 1260 g/mol. The summed E-state index contributed by atoms with van der Waals surface area (Å²) in [6.07, 6.45) is 0.148. The molecule has 3 aliphatic heterocycles. The number of carbonyl (C=O) groups excluding carboxylic acids is 8. The Kier molecular flexibility index (Phi) is 20.0. The Morgan fingerprint density at radius 2 is 1.64 bits per heavy atom. The molecule has 4 aromatic carbocycles. The number of halogens is 2. The predicted molar refractivity (Wildman–Crippen MR) is 326 cm³/mol. The first-order valence-corrected chi connectivity index (χ1v) is 31.9. The van der Waals surface area contributed by atoms with Gasteiger partial charge < -0.3 is 56.5 Å². The number of aromatic nitrogens is 2. The van der Waals surface area contributed by atoms with Crippen molar-refractivity contribution in [3.63, 3.8) is 0 Å². The summed E-state index contributed by atoms with van der Waals surface area (Å²) < 4.78 is 49.0. The van der Waals surface area contributed by atoms with E-state index in [0.29, 0.717) is 41.4 Å². The number of aliphatic hydroxyl groups is 1. The molecule has 0 saturated carbocycles. The lowest BCUT2D eigenvalue weighted by atomic mass is 9.85. The Balaban J connectivity index is 0.780. The number of amides is 7. The fraction of sp³-hybridized carbons (Fsp3) is 0.413. The molecule has 1 fully saturated rings. The van der Waals surface area contributed by atoms with Gasteiger partial charge in [-0.1, -0.05) is 69.7 Å². The number of primary amides is 1. The largest absolute Gasteiger partial charge is 0.488 e. The van der Waals surface area contributed by atoms with Crippen LogP contribution in [-0.4, -0.2) is 126 Å². The Bertz CT molecular complexity index is 3770. The number of para-hydroxylation sites is 1. The summed E-state index contributed by atoms with van der Waals surface area (Å²) in [5.41, 5.74) is 9.64. The van der Waals surface area contributed by atoms with E-state index >= 15 is 8.78 Å². The summed E-state index contributed by atoms with van der Waals surface area (Å²) >= 11 is 1.54. The third-order valence-corrected chi connectivity index (χ3v) is 18.2. The van der Waals surface area contributed by atoms with E-state index < -0.39 is 120 Å². The molecule has 0 spiro atoms. The minimum absolute atomic E-state index is 0.0129. The predicted octanol–water partition coefficient (Wildman–Crippen LogP) is 6.50. The van der Waals surface area contributed by atoms with E-state index in [1.807, 2.05) is 44.2 Å². The van der Waals surface area contributed by atoms with E-state index in [9.17, 15) is 57.8 Å². The number of nitrogens with two attached hydrogens (primary N) is 1. The van der Waals surface area contributed by atoms with Gasteiger partial charge in [-0.05, 0) is 116 Å². The van der Waals surface area contributed by atoms with Crippen molar-refractivity contribution in [1.82, 2.24) is 36.1 Å². The maximum Gasteiger partial charge on any atom is 0.396 e. The number of aliphatic hydroxyl groups excluding tert-OH is 1. The quantitative estimate of drug-likeness (QED) is 0.0231. The molecule has 472 valence electrons. The van der Waals surface area contributed by atoms with Gasteiger partial charge in [0.15, 0.2) is 11.6 Å². The molecule has 9 rings (SSSR count). The highest BCUT2D eigenvalue weighted by Crippen LogP contribution is 2.41. The third-order valence-electron chi connectivity index (χ3n) is 16.5. The standard InChI is InChI=1S/C63H72F2N9O13PS/c1-33(35-14-16-37(17-15-35)55-34(2)67-32-89-55)68-58(79)48-29-42(75)30-73(48)61(82)56(63(3,4)5)72-52(77)13-8-6-7-12-43-44(64)21-24-50(53(43)65)87-31-41(20-25-51(66)76)69-59(80)49-28-38-11-9-10-36-18-23-46(60(81)74(49)54(36)38)71-57(78)47-27-40-26-39(19-22-45(40)70-47)62(83)88(84,85)86/h9-11,14-17,19,21-22,24,26-27,32-33,41-42,46,48-49,56,70,75H,6-8,12-13,18,20,23,25,28-31H2,1-5H3,(H2,66,76)(H,68,79)(H,69,80)(H,71,78)(H,72,77)(H2,84,85,86)/t33-,41-,42+,46-,48-,49-,56+/m0/s1. The van der Waals surface area contributed by atoms with Crippen molar-refractivity contribution < 1.29 is 71.3 Å². The summed E-state index contributed by atoms with van der Waals surface area (Å²) in [7, 11) is -5.09. The minimum atomic E-state index is -5.09. The van der Waals surface area contributed by atoms with Crippen molar-refractivity contribution in [2.45, 2.75) is 148 Å². The van der Waals surface area contributed by atoms with E-state index in [1.165, 1.54) is 45.4 Å². The van der Waals surface area contributed by atoms with Crippen LogP contribution >= 0.6 is 18.9 Å². The van der Waals surface area contributed by atoms with Crippen LogP contribution in [0.2, 0.25) is 0 Å². The first-order chi connectivity index (χ1) is 42.2. The van der Waals surface area contributed by atoms with E-state index in [0.717, 1.165) is 39.4 Å². The molecule has 6 aromatic rings. The molecule has 89 heavy (non-hydrogen) atoms. The maximum absolute atomic E-state index is 16.2.